The van der Waals surface area contributed by atoms with E-state index in [1.54, 1.807) is 12.3 Å². The van der Waals surface area contributed by atoms with Crippen LogP contribution in [0.25, 0.3) is 16.8 Å². The number of amides is 1. The van der Waals surface area contributed by atoms with Crippen molar-refractivity contribution in [3.63, 3.8) is 0 Å². The first-order chi connectivity index (χ1) is 12.7. The minimum atomic E-state index is -0.0478. The van der Waals surface area contributed by atoms with Gasteiger partial charge in [-0.15, -0.1) is 0 Å². The Bertz CT molecular complexity index is 954. The van der Waals surface area contributed by atoms with Crippen LogP contribution in [0.2, 0.25) is 0 Å². The molecule has 5 heteroatoms. The van der Waals surface area contributed by atoms with Crippen molar-refractivity contribution in [3.8, 4) is 0 Å². The SMILES string of the molecule is Cn1ccnc1C1CNCCN1C(=O)/C=C/c1cccc2ccccc12. The largest absolute Gasteiger partial charge is 0.336 e. The van der Waals surface area contributed by atoms with Crippen LogP contribution in [0.5, 0.6) is 0 Å². The van der Waals surface area contributed by atoms with E-state index in [0.717, 1.165) is 29.9 Å². The first kappa shape index (κ1) is 16.5. The lowest BCUT2D eigenvalue weighted by Gasteiger charge is -2.35. The zero-order chi connectivity index (χ0) is 17.9. The average molecular weight is 346 g/mol. The van der Waals surface area contributed by atoms with Gasteiger partial charge < -0.3 is 14.8 Å². The van der Waals surface area contributed by atoms with Crippen molar-refractivity contribution < 1.29 is 4.79 Å². The number of carbonyl (C=O) groups excluding carboxylic acids is 1. The van der Waals surface area contributed by atoms with Crippen LogP contribution >= 0.6 is 0 Å². The van der Waals surface area contributed by atoms with Crippen molar-refractivity contribution in [2.75, 3.05) is 19.6 Å². The summed E-state index contributed by atoms with van der Waals surface area (Å²) in [6.45, 7) is 2.20. The van der Waals surface area contributed by atoms with E-state index < -0.39 is 0 Å². The number of carbonyl (C=O) groups is 1. The van der Waals surface area contributed by atoms with Gasteiger partial charge >= 0.3 is 0 Å². The molecule has 1 aliphatic heterocycles. The van der Waals surface area contributed by atoms with Crippen molar-refractivity contribution >= 4 is 22.8 Å². The highest BCUT2D eigenvalue weighted by Gasteiger charge is 2.29. The second-order valence-electron chi connectivity index (χ2n) is 6.55. The minimum absolute atomic E-state index is 0.0208. The molecular weight excluding hydrogens is 324 g/mol. The lowest BCUT2D eigenvalue weighted by atomic mass is 10.0. The molecule has 0 bridgehead atoms. The molecule has 1 amide bonds. The van der Waals surface area contributed by atoms with Crippen molar-refractivity contribution in [2.24, 2.45) is 7.05 Å². The topological polar surface area (TPSA) is 50.2 Å². The Morgan fingerprint density at radius 1 is 1.23 bits per heavy atom. The molecule has 2 aromatic carbocycles. The van der Waals surface area contributed by atoms with E-state index in [1.807, 2.05) is 53.1 Å². The summed E-state index contributed by atoms with van der Waals surface area (Å²) in [6, 6.07) is 14.3. The fraction of sp³-hybridized carbons (Fsp3) is 0.238. The van der Waals surface area contributed by atoms with Crippen molar-refractivity contribution in [1.82, 2.24) is 19.8 Å². The number of aryl methyl sites for hydroxylation is 1. The molecule has 0 saturated carbocycles. The molecule has 4 rings (SSSR count). The molecule has 1 aromatic heterocycles. The number of nitrogens with one attached hydrogen (secondary N) is 1. The maximum Gasteiger partial charge on any atom is 0.247 e. The van der Waals surface area contributed by atoms with E-state index in [1.165, 1.54) is 5.39 Å². The molecule has 1 atom stereocenters. The fourth-order valence-corrected chi connectivity index (χ4v) is 3.55. The van der Waals surface area contributed by atoms with Gasteiger partial charge in [0.1, 0.15) is 11.9 Å². The first-order valence-corrected chi connectivity index (χ1v) is 8.88. The van der Waals surface area contributed by atoms with Crippen molar-refractivity contribution in [3.05, 3.63) is 72.3 Å². The van der Waals surface area contributed by atoms with Gasteiger partial charge in [-0.3, -0.25) is 4.79 Å². The van der Waals surface area contributed by atoms with Crippen LogP contribution in [0.4, 0.5) is 0 Å². The number of nitrogens with zero attached hydrogens (tertiary/aromatic N) is 3. The van der Waals surface area contributed by atoms with E-state index in [-0.39, 0.29) is 11.9 Å². The Kier molecular flexibility index (Phi) is 4.54. The maximum absolute atomic E-state index is 12.9. The number of aromatic nitrogens is 2. The number of hydrogen-bond acceptors (Lipinski definition) is 3. The summed E-state index contributed by atoms with van der Waals surface area (Å²) in [5.74, 6) is 0.927. The van der Waals surface area contributed by atoms with E-state index >= 15 is 0 Å². The number of piperazine rings is 1. The average Bonchev–Trinajstić information content (AvgIpc) is 3.12. The Hall–Kier alpha value is -2.92. The lowest BCUT2D eigenvalue weighted by molar-refractivity contribution is -0.129. The maximum atomic E-state index is 12.9. The summed E-state index contributed by atoms with van der Waals surface area (Å²) < 4.78 is 1.98. The van der Waals surface area contributed by atoms with Gasteiger partial charge in [0.25, 0.3) is 0 Å². The third kappa shape index (κ3) is 3.13. The zero-order valence-corrected chi connectivity index (χ0v) is 14.8. The monoisotopic (exact) mass is 346 g/mol. The summed E-state index contributed by atoms with van der Waals surface area (Å²) in [5.41, 5.74) is 1.06. The molecule has 0 radical (unpaired) electrons. The number of imidazole rings is 1. The molecular formula is C21H22N4O. The lowest BCUT2D eigenvalue weighted by Crippen LogP contribution is -2.49. The van der Waals surface area contributed by atoms with E-state index in [2.05, 4.69) is 28.5 Å². The third-order valence-electron chi connectivity index (χ3n) is 4.91. The predicted octanol–water partition coefficient (Wildman–Crippen LogP) is 2.76. The smallest absolute Gasteiger partial charge is 0.247 e. The van der Waals surface area contributed by atoms with Crippen LogP contribution in [-0.4, -0.2) is 40.0 Å². The second-order valence-corrected chi connectivity index (χ2v) is 6.55. The van der Waals surface area contributed by atoms with Gasteiger partial charge in [-0.2, -0.15) is 0 Å². The van der Waals surface area contributed by atoms with E-state index in [0.29, 0.717) is 6.54 Å². The molecule has 0 aliphatic carbocycles. The molecule has 26 heavy (non-hydrogen) atoms. The van der Waals surface area contributed by atoms with Gasteiger partial charge in [-0.25, -0.2) is 4.98 Å². The van der Waals surface area contributed by atoms with Crippen LogP contribution in [0.1, 0.15) is 17.4 Å². The molecule has 132 valence electrons. The van der Waals surface area contributed by atoms with Gasteiger partial charge in [-0.05, 0) is 22.4 Å². The van der Waals surface area contributed by atoms with Gasteiger partial charge in [0.05, 0.1) is 0 Å². The van der Waals surface area contributed by atoms with E-state index in [9.17, 15) is 4.79 Å². The van der Waals surface area contributed by atoms with E-state index in [4.69, 9.17) is 0 Å². The van der Waals surface area contributed by atoms with Crippen LogP contribution in [0.15, 0.2) is 60.9 Å². The molecule has 3 aromatic rings. The fourth-order valence-electron chi connectivity index (χ4n) is 3.55. The zero-order valence-electron chi connectivity index (χ0n) is 14.8. The normalized spacial score (nSPS) is 17.9. The molecule has 1 saturated heterocycles. The molecule has 1 aliphatic rings. The molecule has 1 N–H and O–H groups in total. The number of rotatable bonds is 3. The molecule has 0 spiro atoms. The van der Waals surface area contributed by atoms with Crippen LogP contribution < -0.4 is 5.32 Å². The number of benzene rings is 2. The van der Waals surface area contributed by atoms with Crippen LogP contribution in [0, 0.1) is 0 Å². The first-order valence-electron chi connectivity index (χ1n) is 8.88. The van der Waals surface area contributed by atoms with Crippen molar-refractivity contribution in [2.45, 2.75) is 6.04 Å². The molecule has 5 nitrogen and oxygen atoms in total. The highest BCUT2D eigenvalue weighted by atomic mass is 16.2. The number of fused-ring (bicyclic) bond motifs is 1. The van der Waals surface area contributed by atoms with Gasteiger partial charge in [0.15, 0.2) is 0 Å². The van der Waals surface area contributed by atoms with Gasteiger partial charge in [0.2, 0.25) is 5.91 Å². The Balaban J connectivity index is 1.60. The summed E-state index contributed by atoms with van der Waals surface area (Å²) >= 11 is 0. The Morgan fingerprint density at radius 2 is 2.08 bits per heavy atom. The van der Waals surface area contributed by atoms with Crippen LogP contribution in [-0.2, 0) is 11.8 Å². The number of hydrogen-bond donors (Lipinski definition) is 1. The van der Waals surface area contributed by atoms with Gasteiger partial charge in [-0.1, -0.05) is 42.5 Å². The quantitative estimate of drug-likeness (QED) is 0.742. The summed E-state index contributed by atoms with van der Waals surface area (Å²) in [4.78, 5) is 19.2. The molecule has 2 heterocycles. The minimum Gasteiger partial charge on any atom is -0.336 e. The summed E-state index contributed by atoms with van der Waals surface area (Å²) in [7, 11) is 1.96. The summed E-state index contributed by atoms with van der Waals surface area (Å²) in [6.07, 6.45) is 7.29. The third-order valence-corrected chi connectivity index (χ3v) is 4.91. The Morgan fingerprint density at radius 3 is 2.92 bits per heavy atom. The highest BCUT2D eigenvalue weighted by Crippen LogP contribution is 2.22. The standard InChI is InChI=1S/C21H22N4O/c1-24-13-12-23-21(24)19-15-22-11-14-25(19)20(26)10-9-17-7-4-6-16-5-2-3-8-18(16)17/h2-10,12-13,19,22H,11,14-15H2,1H3/b10-9+. The van der Waals surface area contributed by atoms with Gasteiger partial charge in [0, 0.05) is 45.2 Å². The predicted molar refractivity (Wildman–Crippen MR) is 104 cm³/mol. The Labute approximate surface area is 153 Å². The summed E-state index contributed by atoms with van der Waals surface area (Å²) in [5, 5.41) is 5.69. The molecule has 1 unspecified atom stereocenters. The highest BCUT2D eigenvalue weighted by molar-refractivity contribution is 5.96. The second kappa shape index (κ2) is 7.14. The van der Waals surface area contributed by atoms with Crippen LogP contribution in [0.3, 0.4) is 0 Å². The molecule has 1 fully saturated rings. The van der Waals surface area contributed by atoms with Crippen molar-refractivity contribution in [1.29, 1.82) is 0 Å².